The maximum absolute atomic E-state index is 12.7. The van der Waals surface area contributed by atoms with Crippen molar-refractivity contribution in [1.82, 2.24) is 0 Å². The predicted molar refractivity (Wildman–Crippen MR) is 63.1 cm³/mol. The average Bonchev–Trinajstić information content (AvgIpc) is 2.81. The van der Waals surface area contributed by atoms with Gasteiger partial charge in [-0.1, -0.05) is 0 Å². The first kappa shape index (κ1) is 16.5. The van der Waals surface area contributed by atoms with Crippen LogP contribution in [0.3, 0.4) is 0 Å². The van der Waals surface area contributed by atoms with E-state index in [1.807, 2.05) is 0 Å². The van der Waals surface area contributed by atoms with E-state index in [0.29, 0.717) is 18.6 Å². The first-order chi connectivity index (χ1) is 10.00. The van der Waals surface area contributed by atoms with E-state index in [1.54, 1.807) is 0 Å². The Bertz CT molecular complexity index is 582. The second kappa shape index (κ2) is 5.40. The summed E-state index contributed by atoms with van der Waals surface area (Å²) in [6.07, 6.45) is -9.37. The molecule has 1 aliphatic rings. The molecule has 22 heavy (non-hydrogen) atoms. The number of hydrogen-bond acceptors (Lipinski definition) is 2. The topological polar surface area (TPSA) is 34.1 Å². The quantitative estimate of drug-likeness (QED) is 0.462. The molecule has 2 rings (SSSR count). The van der Waals surface area contributed by atoms with Gasteiger partial charge in [0.2, 0.25) is 0 Å². The fraction of sp³-hybridized carbons (Fsp3) is 0.429. The Balaban J connectivity index is 2.51. The molecule has 8 heteroatoms. The summed E-state index contributed by atoms with van der Waals surface area (Å²) in [7, 11) is 0. The smallest absolute Gasteiger partial charge is 0.299 e. The van der Waals surface area contributed by atoms with Crippen LogP contribution in [0.4, 0.5) is 26.3 Å². The zero-order chi connectivity index (χ0) is 16.7. The van der Waals surface area contributed by atoms with Crippen molar-refractivity contribution in [3.05, 3.63) is 34.9 Å². The van der Waals surface area contributed by atoms with Gasteiger partial charge in [-0.2, -0.15) is 26.3 Å². The monoisotopic (exact) mass is 324 g/mol. The fourth-order valence-electron chi connectivity index (χ4n) is 2.39. The molecule has 0 spiro atoms. The van der Waals surface area contributed by atoms with Crippen molar-refractivity contribution in [2.75, 3.05) is 0 Å². The maximum Gasteiger partial charge on any atom is 0.416 e. The molecule has 0 heterocycles. The maximum atomic E-state index is 12.7. The highest BCUT2D eigenvalue weighted by molar-refractivity contribution is 6.11. The van der Waals surface area contributed by atoms with Crippen LogP contribution >= 0.6 is 0 Å². The van der Waals surface area contributed by atoms with Gasteiger partial charge in [-0.05, 0) is 31.0 Å². The van der Waals surface area contributed by atoms with Gasteiger partial charge in [-0.25, -0.2) is 0 Å². The van der Waals surface area contributed by atoms with Crippen LogP contribution in [0.5, 0.6) is 0 Å². The Morgan fingerprint density at radius 3 is 1.82 bits per heavy atom. The molecule has 1 aliphatic carbocycles. The van der Waals surface area contributed by atoms with E-state index in [2.05, 4.69) is 0 Å². The van der Waals surface area contributed by atoms with E-state index in [1.165, 1.54) is 0 Å². The third-order valence-electron chi connectivity index (χ3n) is 3.49. The van der Waals surface area contributed by atoms with Gasteiger partial charge < -0.3 is 0 Å². The normalized spacial score (nSPS) is 19.5. The van der Waals surface area contributed by atoms with E-state index >= 15 is 0 Å². The second-order valence-corrected chi connectivity index (χ2v) is 5.07. The highest BCUT2D eigenvalue weighted by atomic mass is 19.4. The minimum atomic E-state index is -5.02. The molecular formula is C14H10F6O2. The van der Waals surface area contributed by atoms with Crippen LogP contribution in [0.1, 0.15) is 40.7 Å². The fourth-order valence-corrected chi connectivity index (χ4v) is 2.39. The van der Waals surface area contributed by atoms with Crippen LogP contribution in [0, 0.1) is 5.92 Å². The van der Waals surface area contributed by atoms with Crippen molar-refractivity contribution < 1.29 is 35.9 Å². The van der Waals surface area contributed by atoms with Gasteiger partial charge in [0.25, 0.3) is 0 Å². The minimum absolute atomic E-state index is 0.0484. The minimum Gasteiger partial charge on any atom is -0.299 e. The average molecular weight is 324 g/mol. The van der Waals surface area contributed by atoms with Crippen LogP contribution in [-0.4, -0.2) is 11.6 Å². The molecule has 0 saturated heterocycles. The van der Waals surface area contributed by atoms with Crippen LogP contribution < -0.4 is 0 Å². The molecule has 1 saturated carbocycles. The number of ketones is 2. The van der Waals surface area contributed by atoms with Crippen LogP contribution in [-0.2, 0) is 17.1 Å². The highest BCUT2D eigenvalue weighted by Crippen LogP contribution is 2.37. The van der Waals surface area contributed by atoms with Crippen LogP contribution in [0.25, 0.3) is 0 Å². The predicted octanol–water partition coefficient (Wildman–Crippen LogP) is 4.28. The van der Waals surface area contributed by atoms with E-state index in [4.69, 9.17) is 0 Å². The highest BCUT2D eigenvalue weighted by Gasteiger charge is 2.39. The molecule has 0 amide bonds. The van der Waals surface area contributed by atoms with Gasteiger partial charge in [-0.15, -0.1) is 0 Å². The standard InChI is InChI=1S/C14H10F6O2/c15-13(16,17)8-4-7(5-9(6-8)14(18,19)20)12(22)10-2-1-3-11(10)21/h4-6,10H,1-3H2. The van der Waals surface area contributed by atoms with E-state index in [-0.39, 0.29) is 18.9 Å². The number of halogens is 6. The number of benzene rings is 1. The summed E-state index contributed by atoms with van der Waals surface area (Å²) in [5, 5.41) is 0. The number of rotatable bonds is 2. The summed E-state index contributed by atoms with van der Waals surface area (Å²) in [6.45, 7) is 0. The molecule has 0 radical (unpaired) electrons. The lowest BCUT2D eigenvalue weighted by molar-refractivity contribution is -0.143. The number of Topliss-reactive ketones (excluding diaryl/α,β-unsaturated/α-hetero) is 2. The van der Waals surface area contributed by atoms with Crippen molar-refractivity contribution in [2.24, 2.45) is 5.92 Å². The third kappa shape index (κ3) is 3.31. The van der Waals surface area contributed by atoms with Gasteiger partial charge >= 0.3 is 12.4 Å². The SMILES string of the molecule is O=C1CCCC1C(=O)c1cc(C(F)(F)F)cc(C(F)(F)F)c1. The largest absolute Gasteiger partial charge is 0.416 e. The molecule has 1 fully saturated rings. The van der Waals surface area contributed by atoms with Gasteiger partial charge in [0.15, 0.2) is 5.78 Å². The van der Waals surface area contributed by atoms with Crippen molar-refractivity contribution in [3.8, 4) is 0 Å². The van der Waals surface area contributed by atoms with Gasteiger partial charge in [0.05, 0.1) is 17.0 Å². The zero-order valence-electron chi connectivity index (χ0n) is 11.0. The molecule has 1 aromatic carbocycles. The number of alkyl halides is 6. The molecule has 1 unspecified atom stereocenters. The summed E-state index contributed by atoms with van der Waals surface area (Å²) in [4.78, 5) is 23.5. The van der Waals surface area contributed by atoms with Crippen molar-refractivity contribution >= 4 is 11.6 Å². The zero-order valence-corrected chi connectivity index (χ0v) is 11.0. The van der Waals surface area contributed by atoms with E-state index < -0.39 is 46.5 Å². The Labute approximate surface area is 121 Å². The second-order valence-electron chi connectivity index (χ2n) is 5.07. The lowest BCUT2D eigenvalue weighted by Gasteiger charge is -2.15. The van der Waals surface area contributed by atoms with Crippen molar-refractivity contribution in [3.63, 3.8) is 0 Å². The molecule has 0 N–H and O–H groups in total. The molecule has 0 aliphatic heterocycles. The number of carbonyl (C=O) groups is 2. The van der Waals surface area contributed by atoms with Crippen molar-refractivity contribution in [1.29, 1.82) is 0 Å². The molecular weight excluding hydrogens is 314 g/mol. The first-order valence-electron chi connectivity index (χ1n) is 6.36. The lowest BCUT2D eigenvalue weighted by Crippen LogP contribution is -2.21. The summed E-state index contributed by atoms with van der Waals surface area (Å²) in [5.74, 6) is -2.58. The number of hydrogen-bond donors (Lipinski definition) is 0. The lowest BCUT2D eigenvalue weighted by atomic mass is 9.93. The molecule has 1 aromatic rings. The Kier molecular flexibility index (Phi) is 4.06. The molecule has 2 nitrogen and oxygen atoms in total. The summed E-state index contributed by atoms with van der Waals surface area (Å²) >= 11 is 0. The molecule has 0 aromatic heterocycles. The Morgan fingerprint density at radius 2 is 1.45 bits per heavy atom. The Hall–Kier alpha value is -1.86. The van der Waals surface area contributed by atoms with E-state index in [0.717, 1.165) is 0 Å². The first-order valence-corrected chi connectivity index (χ1v) is 6.36. The number of carbonyl (C=O) groups excluding carboxylic acids is 2. The molecule has 1 atom stereocenters. The van der Waals surface area contributed by atoms with Gasteiger partial charge in [0, 0.05) is 12.0 Å². The van der Waals surface area contributed by atoms with Gasteiger partial charge in [-0.3, -0.25) is 9.59 Å². The van der Waals surface area contributed by atoms with Gasteiger partial charge in [0.1, 0.15) is 5.78 Å². The van der Waals surface area contributed by atoms with Crippen molar-refractivity contribution in [2.45, 2.75) is 31.6 Å². The van der Waals surface area contributed by atoms with Crippen LogP contribution in [0.2, 0.25) is 0 Å². The molecule has 120 valence electrons. The van der Waals surface area contributed by atoms with Crippen LogP contribution in [0.15, 0.2) is 18.2 Å². The third-order valence-corrected chi connectivity index (χ3v) is 3.49. The van der Waals surface area contributed by atoms with E-state index in [9.17, 15) is 35.9 Å². The Morgan fingerprint density at radius 1 is 0.955 bits per heavy atom. The summed E-state index contributed by atoms with van der Waals surface area (Å²) in [5.41, 5.74) is -3.85. The molecule has 0 bridgehead atoms. The summed E-state index contributed by atoms with van der Waals surface area (Å²) in [6, 6.07) is 0.680. The summed E-state index contributed by atoms with van der Waals surface area (Å²) < 4.78 is 76.2.